The van der Waals surface area contributed by atoms with Gasteiger partial charge in [0.1, 0.15) is 17.6 Å². The highest BCUT2D eigenvalue weighted by Gasteiger charge is 2.39. The summed E-state index contributed by atoms with van der Waals surface area (Å²) in [5.74, 6) is 1.84. The molecule has 0 aromatic heterocycles. The highest BCUT2D eigenvalue weighted by atomic mass is 16.5. The number of phenolic OH excluding ortho intramolecular Hbond substituents is 1. The molecule has 0 saturated heterocycles. The minimum atomic E-state index is 0.0960. The number of benzene rings is 1. The zero-order valence-corrected chi connectivity index (χ0v) is 14.3. The quantitative estimate of drug-likeness (QED) is 0.710. The molecule has 1 aliphatic carbocycles. The van der Waals surface area contributed by atoms with E-state index in [0.29, 0.717) is 17.8 Å². The van der Waals surface area contributed by atoms with Crippen LogP contribution in [0.25, 0.3) is 0 Å². The van der Waals surface area contributed by atoms with Gasteiger partial charge < -0.3 is 9.84 Å². The molecule has 0 spiro atoms. The first-order valence-corrected chi connectivity index (χ1v) is 9.07. The van der Waals surface area contributed by atoms with Crippen molar-refractivity contribution in [1.82, 2.24) is 0 Å². The van der Waals surface area contributed by atoms with E-state index in [1.54, 1.807) is 0 Å². The average molecular weight is 302 g/mol. The van der Waals surface area contributed by atoms with Crippen molar-refractivity contribution in [1.29, 1.82) is 0 Å². The van der Waals surface area contributed by atoms with Crippen molar-refractivity contribution in [3.05, 3.63) is 23.3 Å². The van der Waals surface area contributed by atoms with Gasteiger partial charge in [0, 0.05) is 11.5 Å². The van der Waals surface area contributed by atoms with Gasteiger partial charge in [-0.25, -0.2) is 0 Å². The van der Waals surface area contributed by atoms with E-state index in [9.17, 15) is 5.11 Å². The Hall–Kier alpha value is -1.18. The summed E-state index contributed by atoms with van der Waals surface area (Å²) in [5.41, 5.74) is 2.40. The molecule has 0 amide bonds. The van der Waals surface area contributed by atoms with Gasteiger partial charge in [-0.2, -0.15) is 0 Å². The summed E-state index contributed by atoms with van der Waals surface area (Å²) >= 11 is 0. The van der Waals surface area contributed by atoms with Gasteiger partial charge in [0.2, 0.25) is 0 Å². The van der Waals surface area contributed by atoms with Crippen LogP contribution in [0.5, 0.6) is 11.5 Å². The van der Waals surface area contributed by atoms with E-state index in [1.807, 2.05) is 6.07 Å². The molecule has 2 heteroatoms. The van der Waals surface area contributed by atoms with E-state index < -0.39 is 0 Å². The maximum atomic E-state index is 10.6. The van der Waals surface area contributed by atoms with E-state index in [4.69, 9.17) is 4.74 Å². The van der Waals surface area contributed by atoms with Crippen molar-refractivity contribution in [2.24, 2.45) is 0 Å². The number of phenols is 1. The van der Waals surface area contributed by atoms with Gasteiger partial charge in [-0.05, 0) is 48.8 Å². The molecule has 2 atom stereocenters. The van der Waals surface area contributed by atoms with Gasteiger partial charge in [0.25, 0.3) is 0 Å². The number of unbranched alkanes of at least 4 members (excludes halogenated alkanes) is 2. The molecule has 1 aromatic carbocycles. The zero-order chi connectivity index (χ0) is 15.7. The molecular weight excluding hydrogens is 272 g/mol. The lowest BCUT2D eigenvalue weighted by Crippen LogP contribution is -2.22. The van der Waals surface area contributed by atoms with Crippen LogP contribution in [-0.2, 0) is 5.41 Å². The van der Waals surface area contributed by atoms with Crippen molar-refractivity contribution in [2.45, 2.75) is 89.6 Å². The van der Waals surface area contributed by atoms with Gasteiger partial charge >= 0.3 is 0 Å². The lowest BCUT2D eigenvalue weighted by atomic mass is 9.78. The maximum Gasteiger partial charge on any atom is 0.127 e. The summed E-state index contributed by atoms with van der Waals surface area (Å²) in [7, 11) is 0. The molecular formula is C20H30O2. The molecule has 1 fully saturated rings. The molecule has 3 rings (SSSR count). The van der Waals surface area contributed by atoms with Crippen molar-refractivity contribution < 1.29 is 9.84 Å². The summed E-state index contributed by atoms with van der Waals surface area (Å²) in [4.78, 5) is 0. The summed E-state index contributed by atoms with van der Waals surface area (Å²) in [6, 6.07) is 4.21. The van der Waals surface area contributed by atoms with Crippen LogP contribution < -0.4 is 4.74 Å². The van der Waals surface area contributed by atoms with E-state index in [2.05, 4.69) is 26.8 Å². The monoisotopic (exact) mass is 302 g/mol. The Morgan fingerprint density at radius 1 is 1.18 bits per heavy atom. The van der Waals surface area contributed by atoms with E-state index in [1.165, 1.54) is 37.7 Å². The van der Waals surface area contributed by atoms with E-state index in [-0.39, 0.29) is 5.41 Å². The second kappa shape index (κ2) is 6.14. The fraction of sp³-hybridized carbons (Fsp3) is 0.700. The van der Waals surface area contributed by atoms with Crippen molar-refractivity contribution in [3.8, 4) is 11.5 Å². The first kappa shape index (κ1) is 15.7. The SMILES string of the molecule is CCCCCC(C)(C)c1cc(O)c2c(c1)OC1CCCCC21. The van der Waals surface area contributed by atoms with Gasteiger partial charge in [-0.15, -0.1) is 0 Å². The standard InChI is InChI=1S/C20H30O2/c1-4-5-8-11-20(2,3)14-12-16(21)19-15-9-6-7-10-17(15)22-18(19)13-14/h12-13,15,17,21H,4-11H2,1-3H3. The molecule has 122 valence electrons. The molecule has 0 bridgehead atoms. The number of hydrogen-bond donors (Lipinski definition) is 1. The van der Waals surface area contributed by atoms with Gasteiger partial charge in [-0.1, -0.05) is 46.5 Å². The van der Waals surface area contributed by atoms with Crippen LogP contribution in [-0.4, -0.2) is 11.2 Å². The van der Waals surface area contributed by atoms with Crippen LogP contribution in [0.1, 0.15) is 89.2 Å². The first-order valence-electron chi connectivity index (χ1n) is 9.07. The molecule has 1 N–H and O–H groups in total. The van der Waals surface area contributed by atoms with Crippen LogP contribution in [0, 0.1) is 0 Å². The molecule has 2 aliphatic rings. The lowest BCUT2D eigenvalue weighted by molar-refractivity contribution is 0.163. The first-order chi connectivity index (χ1) is 10.5. The number of hydrogen-bond acceptors (Lipinski definition) is 2. The minimum absolute atomic E-state index is 0.0960. The fourth-order valence-corrected chi connectivity index (χ4v) is 4.17. The number of aromatic hydroxyl groups is 1. The van der Waals surface area contributed by atoms with Crippen LogP contribution in [0.4, 0.5) is 0 Å². The average Bonchev–Trinajstić information content (AvgIpc) is 2.86. The second-order valence-electron chi connectivity index (χ2n) is 7.80. The van der Waals surface area contributed by atoms with E-state index >= 15 is 0 Å². The Morgan fingerprint density at radius 3 is 2.73 bits per heavy atom. The Bertz CT molecular complexity index is 533. The number of rotatable bonds is 5. The highest BCUT2D eigenvalue weighted by Crippen LogP contribution is 2.51. The molecule has 1 saturated carbocycles. The fourth-order valence-electron chi connectivity index (χ4n) is 4.17. The predicted molar refractivity (Wildman–Crippen MR) is 90.9 cm³/mol. The second-order valence-corrected chi connectivity index (χ2v) is 7.80. The van der Waals surface area contributed by atoms with Crippen molar-refractivity contribution in [3.63, 3.8) is 0 Å². The van der Waals surface area contributed by atoms with Crippen LogP contribution >= 0.6 is 0 Å². The Balaban J connectivity index is 1.86. The van der Waals surface area contributed by atoms with Crippen LogP contribution in [0.15, 0.2) is 12.1 Å². The zero-order valence-electron chi connectivity index (χ0n) is 14.3. The minimum Gasteiger partial charge on any atom is -0.508 e. The van der Waals surface area contributed by atoms with Gasteiger partial charge in [-0.3, -0.25) is 0 Å². The third kappa shape index (κ3) is 2.85. The molecule has 2 nitrogen and oxygen atoms in total. The number of ether oxygens (including phenoxy) is 1. The smallest absolute Gasteiger partial charge is 0.127 e. The lowest BCUT2D eigenvalue weighted by Gasteiger charge is -2.26. The third-order valence-corrected chi connectivity index (χ3v) is 5.66. The highest BCUT2D eigenvalue weighted by molar-refractivity contribution is 5.54. The van der Waals surface area contributed by atoms with Crippen molar-refractivity contribution >= 4 is 0 Å². The number of fused-ring (bicyclic) bond motifs is 3. The Labute approximate surface area is 134 Å². The van der Waals surface area contributed by atoms with Crippen LogP contribution in [0.2, 0.25) is 0 Å². The predicted octanol–water partition coefficient (Wildman–Crippen LogP) is 5.67. The molecule has 2 unspecified atom stereocenters. The molecule has 0 radical (unpaired) electrons. The Kier molecular flexibility index (Phi) is 4.38. The molecule has 1 heterocycles. The Morgan fingerprint density at radius 2 is 1.95 bits per heavy atom. The summed E-state index contributed by atoms with van der Waals surface area (Å²) < 4.78 is 6.19. The maximum absolute atomic E-state index is 10.6. The largest absolute Gasteiger partial charge is 0.508 e. The van der Waals surface area contributed by atoms with Crippen molar-refractivity contribution in [2.75, 3.05) is 0 Å². The summed E-state index contributed by atoms with van der Waals surface area (Å²) in [5, 5.41) is 10.6. The summed E-state index contributed by atoms with van der Waals surface area (Å²) in [6.45, 7) is 6.81. The topological polar surface area (TPSA) is 29.5 Å². The third-order valence-electron chi connectivity index (χ3n) is 5.66. The molecule has 1 aliphatic heterocycles. The summed E-state index contributed by atoms with van der Waals surface area (Å²) in [6.07, 6.45) is 10.0. The normalized spacial score (nSPS) is 23.8. The van der Waals surface area contributed by atoms with E-state index in [0.717, 1.165) is 30.6 Å². The molecule has 1 aromatic rings. The van der Waals surface area contributed by atoms with Crippen LogP contribution in [0.3, 0.4) is 0 Å². The molecule has 22 heavy (non-hydrogen) atoms. The van der Waals surface area contributed by atoms with Gasteiger partial charge in [0.05, 0.1) is 0 Å². The van der Waals surface area contributed by atoms with Gasteiger partial charge in [0.15, 0.2) is 0 Å².